The Bertz CT molecular complexity index is 372. The predicted octanol–water partition coefficient (Wildman–Crippen LogP) is 1.45. The van der Waals surface area contributed by atoms with Crippen molar-refractivity contribution in [2.24, 2.45) is 0 Å². The van der Waals surface area contributed by atoms with Crippen LogP contribution in [0.25, 0.3) is 0 Å². The van der Waals surface area contributed by atoms with Crippen LogP contribution in [0.1, 0.15) is 26.2 Å². The van der Waals surface area contributed by atoms with Crippen LogP contribution in [-0.2, 0) is 0 Å². The molecule has 1 N–H and O–H groups in total. The smallest absolute Gasteiger partial charge is 0.218 e. The second-order valence-corrected chi connectivity index (χ2v) is 4.57. The van der Waals surface area contributed by atoms with Crippen molar-refractivity contribution >= 4 is 5.82 Å². The molecule has 0 amide bonds. The first kappa shape index (κ1) is 13.1. The fourth-order valence-corrected chi connectivity index (χ4v) is 2.42. The summed E-state index contributed by atoms with van der Waals surface area (Å²) in [5.74, 6) is 1.61. The molecule has 0 spiro atoms. The Hall–Kier alpha value is -1.36. The molecular weight excluding hydrogens is 228 g/mol. The van der Waals surface area contributed by atoms with Gasteiger partial charge in [-0.05, 0) is 25.8 Å². The van der Waals surface area contributed by atoms with Gasteiger partial charge in [0.1, 0.15) is 12.1 Å². The van der Waals surface area contributed by atoms with Crippen molar-refractivity contribution in [3.63, 3.8) is 0 Å². The largest absolute Gasteiger partial charge is 0.481 e. The number of anilines is 1. The van der Waals surface area contributed by atoms with E-state index < -0.39 is 0 Å². The number of piperidine rings is 1. The Labute approximate surface area is 109 Å². The second-order valence-electron chi connectivity index (χ2n) is 4.57. The summed E-state index contributed by atoms with van der Waals surface area (Å²) in [4.78, 5) is 10.8. The van der Waals surface area contributed by atoms with Gasteiger partial charge in [-0.2, -0.15) is 0 Å². The van der Waals surface area contributed by atoms with Crippen LogP contribution in [0.5, 0.6) is 5.88 Å². The van der Waals surface area contributed by atoms with Gasteiger partial charge in [0, 0.05) is 25.2 Å². The maximum atomic E-state index is 5.17. The van der Waals surface area contributed by atoms with Crippen molar-refractivity contribution in [1.29, 1.82) is 0 Å². The summed E-state index contributed by atoms with van der Waals surface area (Å²) in [6.07, 6.45) is 5.33. The summed E-state index contributed by atoms with van der Waals surface area (Å²) in [5, 5.41) is 3.43. The maximum Gasteiger partial charge on any atom is 0.218 e. The number of nitrogens with zero attached hydrogens (tertiary/aromatic N) is 3. The first-order valence-electron chi connectivity index (χ1n) is 6.68. The van der Waals surface area contributed by atoms with E-state index in [0.29, 0.717) is 11.9 Å². The van der Waals surface area contributed by atoms with E-state index in [9.17, 15) is 0 Å². The molecule has 2 heterocycles. The van der Waals surface area contributed by atoms with Gasteiger partial charge < -0.3 is 15.0 Å². The van der Waals surface area contributed by atoms with E-state index in [0.717, 1.165) is 25.5 Å². The molecule has 1 unspecified atom stereocenters. The van der Waals surface area contributed by atoms with Crippen LogP contribution in [0.4, 0.5) is 5.82 Å². The molecule has 1 fully saturated rings. The van der Waals surface area contributed by atoms with Crippen molar-refractivity contribution < 1.29 is 4.74 Å². The zero-order valence-corrected chi connectivity index (χ0v) is 11.2. The van der Waals surface area contributed by atoms with Crippen LogP contribution in [0.2, 0.25) is 0 Å². The first-order valence-corrected chi connectivity index (χ1v) is 6.68. The van der Waals surface area contributed by atoms with Crippen LogP contribution >= 0.6 is 0 Å². The molecule has 18 heavy (non-hydrogen) atoms. The highest BCUT2D eigenvalue weighted by molar-refractivity contribution is 5.42. The van der Waals surface area contributed by atoms with Gasteiger partial charge in [-0.1, -0.05) is 6.92 Å². The van der Waals surface area contributed by atoms with Crippen molar-refractivity contribution in [3.8, 4) is 5.88 Å². The number of hydrogen-bond donors (Lipinski definition) is 1. The lowest BCUT2D eigenvalue weighted by atomic mass is 10.0. The van der Waals surface area contributed by atoms with E-state index >= 15 is 0 Å². The van der Waals surface area contributed by atoms with Crippen molar-refractivity contribution in [1.82, 2.24) is 15.3 Å². The zero-order valence-electron chi connectivity index (χ0n) is 11.2. The van der Waals surface area contributed by atoms with E-state index in [4.69, 9.17) is 4.74 Å². The topological polar surface area (TPSA) is 50.3 Å². The monoisotopic (exact) mass is 250 g/mol. The zero-order chi connectivity index (χ0) is 12.8. The number of nitrogens with one attached hydrogen (secondary N) is 1. The molecule has 1 aromatic rings. The summed E-state index contributed by atoms with van der Waals surface area (Å²) in [6.45, 7) is 5.23. The Morgan fingerprint density at radius 3 is 3.11 bits per heavy atom. The fourth-order valence-electron chi connectivity index (χ4n) is 2.42. The number of methoxy groups -OCH3 is 1. The standard InChI is InChI=1S/C13H22N4O/c1-3-14-9-11-6-4-5-7-17(11)12-8-13(18-2)16-10-15-12/h8,10-11,14H,3-7,9H2,1-2H3. The Kier molecular flexibility index (Phi) is 4.75. The van der Waals surface area contributed by atoms with E-state index in [1.165, 1.54) is 19.3 Å². The number of rotatable bonds is 5. The van der Waals surface area contributed by atoms with Crippen molar-refractivity contribution in [2.45, 2.75) is 32.2 Å². The Morgan fingerprint density at radius 1 is 1.44 bits per heavy atom. The molecule has 1 atom stereocenters. The summed E-state index contributed by atoms with van der Waals surface area (Å²) in [7, 11) is 1.64. The molecule has 5 heteroatoms. The molecule has 2 rings (SSSR count). The van der Waals surface area contributed by atoms with Crippen LogP contribution in [0.15, 0.2) is 12.4 Å². The van der Waals surface area contributed by atoms with Crippen LogP contribution in [-0.4, -0.2) is 42.8 Å². The molecule has 0 aliphatic carbocycles. The van der Waals surface area contributed by atoms with Crippen molar-refractivity contribution in [3.05, 3.63) is 12.4 Å². The van der Waals surface area contributed by atoms with Crippen LogP contribution in [0.3, 0.4) is 0 Å². The lowest BCUT2D eigenvalue weighted by Crippen LogP contribution is -2.46. The highest BCUT2D eigenvalue weighted by atomic mass is 16.5. The van der Waals surface area contributed by atoms with Gasteiger partial charge in [0.15, 0.2) is 0 Å². The van der Waals surface area contributed by atoms with Gasteiger partial charge in [0.2, 0.25) is 5.88 Å². The fraction of sp³-hybridized carbons (Fsp3) is 0.692. The van der Waals surface area contributed by atoms with Crippen LogP contribution in [0, 0.1) is 0 Å². The molecular formula is C13H22N4O. The molecule has 0 bridgehead atoms. The molecule has 1 aliphatic rings. The maximum absolute atomic E-state index is 5.17. The molecule has 0 saturated carbocycles. The number of ether oxygens (including phenoxy) is 1. The molecule has 0 aromatic carbocycles. The van der Waals surface area contributed by atoms with E-state index in [1.807, 2.05) is 6.07 Å². The van der Waals surface area contributed by atoms with Gasteiger partial charge in [-0.25, -0.2) is 9.97 Å². The SMILES string of the molecule is CCNCC1CCCCN1c1cc(OC)ncn1. The third kappa shape index (κ3) is 3.10. The lowest BCUT2D eigenvalue weighted by Gasteiger charge is -2.36. The second kappa shape index (κ2) is 6.54. The quantitative estimate of drug-likeness (QED) is 0.857. The third-order valence-corrected chi connectivity index (χ3v) is 3.39. The highest BCUT2D eigenvalue weighted by Crippen LogP contribution is 2.24. The first-order chi connectivity index (χ1) is 8.85. The summed E-state index contributed by atoms with van der Waals surface area (Å²) < 4.78 is 5.17. The van der Waals surface area contributed by atoms with Gasteiger partial charge >= 0.3 is 0 Å². The predicted molar refractivity (Wildman–Crippen MR) is 72.1 cm³/mol. The van der Waals surface area contributed by atoms with Gasteiger partial charge in [-0.15, -0.1) is 0 Å². The van der Waals surface area contributed by atoms with E-state index in [-0.39, 0.29) is 0 Å². The number of aromatic nitrogens is 2. The highest BCUT2D eigenvalue weighted by Gasteiger charge is 2.23. The average Bonchev–Trinajstić information content (AvgIpc) is 2.45. The Morgan fingerprint density at radius 2 is 2.33 bits per heavy atom. The summed E-state index contributed by atoms with van der Waals surface area (Å²) in [5.41, 5.74) is 0. The van der Waals surface area contributed by atoms with Crippen LogP contribution < -0.4 is 15.0 Å². The molecule has 0 radical (unpaired) electrons. The lowest BCUT2D eigenvalue weighted by molar-refractivity contribution is 0.394. The minimum absolute atomic E-state index is 0.526. The molecule has 1 saturated heterocycles. The summed E-state index contributed by atoms with van der Waals surface area (Å²) in [6, 6.07) is 2.45. The molecule has 100 valence electrons. The van der Waals surface area contributed by atoms with E-state index in [1.54, 1.807) is 13.4 Å². The summed E-state index contributed by atoms with van der Waals surface area (Å²) >= 11 is 0. The van der Waals surface area contributed by atoms with Gasteiger partial charge in [0.25, 0.3) is 0 Å². The number of likely N-dealkylation sites (N-methyl/N-ethyl adjacent to an activating group) is 1. The molecule has 1 aromatic heterocycles. The van der Waals surface area contributed by atoms with Crippen molar-refractivity contribution in [2.75, 3.05) is 31.6 Å². The van der Waals surface area contributed by atoms with Gasteiger partial charge in [-0.3, -0.25) is 0 Å². The minimum Gasteiger partial charge on any atom is -0.481 e. The average molecular weight is 250 g/mol. The van der Waals surface area contributed by atoms with Gasteiger partial charge in [0.05, 0.1) is 7.11 Å². The normalized spacial score (nSPS) is 19.9. The molecule has 1 aliphatic heterocycles. The minimum atomic E-state index is 0.526. The molecule has 5 nitrogen and oxygen atoms in total. The Balaban J connectivity index is 2.11. The van der Waals surface area contributed by atoms with E-state index in [2.05, 4.69) is 27.1 Å². The number of hydrogen-bond acceptors (Lipinski definition) is 5. The third-order valence-electron chi connectivity index (χ3n) is 3.39.